The van der Waals surface area contributed by atoms with Crippen molar-refractivity contribution < 1.29 is 9.72 Å². The Kier molecular flexibility index (Phi) is 3.24. The Morgan fingerprint density at radius 3 is 2.62 bits per heavy atom. The Labute approximate surface area is 91.7 Å². The van der Waals surface area contributed by atoms with Gasteiger partial charge in [0.05, 0.1) is 4.92 Å². The number of nitrogens with zero attached hydrogens (tertiary/aromatic N) is 1. The van der Waals surface area contributed by atoms with Crippen LogP contribution in [0.15, 0.2) is 18.2 Å². The molecule has 0 aliphatic heterocycles. The van der Waals surface area contributed by atoms with Crippen molar-refractivity contribution in [2.45, 2.75) is 6.92 Å². The van der Waals surface area contributed by atoms with Crippen molar-refractivity contribution in [1.29, 1.82) is 0 Å². The SMILES string of the molecule is Cc1cc([N+](=O)[O-])cc(C=CC(N)=O)c1N. The van der Waals surface area contributed by atoms with Crippen LogP contribution in [-0.4, -0.2) is 10.8 Å². The van der Waals surface area contributed by atoms with Crippen LogP contribution in [0.1, 0.15) is 11.1 Å². The summed E-state index contributed by atoms with van der Waals surface area (Å²) >= 11 is 0. The third kappa shape index (κ3) is 2.57. The molecule has 0 aromatic heterocycles. The first-order valence-corrected chi connectivity index (χ1v) is 4.44. The number of aryl methyl sites for hydroxylation is 1. The van der Waals surface area contributed by atoms with Crippen LogP contribution >= 0.6 is 0 Å². The molecule has 0 aliphatic carbocycles. The van der Waals surface area contributed by atoms with Crippen LogP contribution in [-0.2, 0) is 4.79 Å². The number of nitrogens with two attached hydrogens (primary N) is 2. The second kappa shape index (κ2) is 4.43. The van der Waals surface area contributed by atoms with Gasteiger partial charge < -0.3 is 11.5 Å². The summed E-state index contributed by atoms with van der Waals surface area (Å²) in [6.07, 6.45) is 2.46. The Morgan fingerprint density at radius 1 is 1.50 bits per heavy atom. The number of carbonyl (C=O) groups excluding carboxylic acids is 1. The quantitative estimate of drug-likeness (QED) is 0.343. The molecule has 0 saturated heterocycles. The van der Waals surface area contributed by atoms with Gasteiger partial charge in [0, 0.05) is 29.5 Å². The molecule has 6 heteroatoms. The number of non-ortho nitro benzene ring substituents is 1. The fourth-order valence-corrected chi connectivity index (χ4v) is 1.22. The van der Waals surface area contributed by atoms with Crippen molar-refractivity contribution in [3.8, 4) is 0 Å². The molecule has 4 N–H and O–H groups in total. The van der Waals surface area contributed by atoms with Gasteiger partial charge in [0.2, 0.25) is 5.91 Å². The molecule has 1 aromatic carbocycles. The summed E-state index contributed by atoms with van der Waals surface area (Å²) in [6.45, 7) is 1.66. The molecule has 6 nitrogen and oxygen atoms in total. The molecule has 0 saturated carbocycles. The molecule has 1 aromatic rings. The second-order valence-electron chi connectivity index (χ2n) is 3.26. The zero-order chi connectivity index (χ0) is 12.3. The maximum Gasteiger partial charge on any atom is 0.270 e. The minimum absolute atomic E-state index is 0.0733. The minimum Gasteiger partial charge on any atom is -0.398 e. The predicted octanol–water partition coefficient (Wildman–Crippen LogP) is 0.984. The van der Waals surface area contributed by atoms with Crippen molar-refractivity contribution in [2.24, 2.45) is 5.73 Å². The number of hydrogen-bond acceptors (Lipinski definition) is 4. The summed E-state index contributed by atoms with van der Waals surface area (Å²) < 4.78 is 0. The lowest BCUT2D eigenvalue weighted by atomic mass is 10.1. The molecular formula is C10H11N3O3. The number of amides is 1. The molecule has 0 spiro atoms. The van der Waals surface area contributed by atoms with Crippen LogP contribution in [0.4, 0.5) is 11.4 Å². The van der Waals surface area contributed by atoms with Crippen LogP contribution in [0.3, 0.4) is 0 Å². The second-order valence-corrected chi connectivity index (χ2v) is 3.26. The van der Waals surface area contributed by atoms with E-state index in [-0.39, 0.29) is 5.69 Å². The number of nitro benzene ring substituents is 1. The van der Waals surface area contributed by atoms with E-state index in [1.54, 1.807) is 6.92 Å². The van der Waals surface area contributed by atoms with E-state index in [4.69, 9.17) is 11.5 Å². The van der Waals surface area contributed by atoms with Gasteiger partial charge in [-0.25, -0.2) is 0 Å². The zero-order valence-corrected chi connectivity index (χ0v) is 8.64. The summed E-state index contributed by atoms with van der Waals surface area (Å²) in [5, 5.41) is 10.6. The normalized spacial score (nSPS) is 10.6. The van der Waals surface area contributed by atoms with E-state index < -0.39 is 10.8 Å². The van der Waals surface area contributed by atoms with Crippen LogP contribution in [0.25, 0.3) is 6.08 Å². The number of rotatable bonds is 3. The zero-order valence-electron chi connectivity index (χ0n) is 8.64. The topological polar surface area (TPSA) is 112 Å². The summed E-state index contributed by atoms with van der Waals surface area (Å²) in [4.78, 5) is 20.6. The molecule has 0 unspecified atom stereocenters. The van der Waals surface area contributed by atoms with Gasteiger partial charge in [0.1, 0.15) is 0 Å². The highest BCUT2D eigenvalue weighted by Gasteiger charge is 2.10. The smallest absolute Gasteiger partial charge is 0.270 e. The van der Waals surface area contributed by atoms with Crippen LogP contribution < -0.4 is 11.5 Å². The maximum atomic E-state index is 10.6. The first kappa shape index (κ1) is 11.7. The highest BCUT2D eigenvalue weighted by Crippen LogP contribution is 2.25. The number of nitrogen functional groups attached to an aromatic ring is 1. The van der Waals surface area contributed by atoms with Gasteiger partial charge in [-0.05, 0) is 18.6 Å². The molecule has 0 aliphatic rings. The Bertz CT molecular complexity index is 480. The lowest BCUT2D eigenvalue weighted by molar-refractivity contribution is -0.384. The third-order valence-corrected chi connectivity index (χ3v) is 2.04. The van der Waals surface area contributed by atoms with Gasteiger partial charge in [0.15, 0.2) is 0 Å². The van der Waals surface area contributed by atoms with E-state index in [9.17, 15) is 14.9 Å². The first-order valence-electron chi connectivity index (χ1n) is 4.44. The van der Waals surface area contributed by atoms with Crippen molar-refractivity contribution in [1.82, 2.24) is 0 Å². The number of primary amides is 1. The Morgan fingerprint density at radius 2 is 2.12 bits per heavy atom. The Balaban J connectivity index is 3.27. The van der Waals surface area contributed by atoms with E-state index >= 15 is 0 Å². The molecule has 1 amide bonds. The van der Waals surface area contributed by atoms with E-state index in [1.807, 2.05) is 0 Å². The molecule has 0 heterocycles. The minimum atomic E-state index is -0.636. The number of carbonyl (C=O) groups is 1. The number of benzene rings is 1. The maximum absolute atomic E-state index is 10.6. The third-order valence-electron chi connectivity index (χ3n) is 2.04. The molecule has 0 bridgehead atoms. The summed E-state index contributed by atoms with van der Waals surface area (Å²) in [5.41, 5.74) is 11.9. The summed E-state index contributed by atoms with van der Waals surface area (Å²) in [6, 6.07) is 2.67. The van der Waals surface area contributed by atoms with Gasteiger partial charge >= 0.3 is 0 Å². The van der Waals surface area contributed by atoms with Crippen LogP contribution in [0.2, 0.25) is 0 Å². The fraction of sp³-hybridized carbons (Fsp3) is 0.100. The largest absolute Gasteiger partial charge is 0.398 e. The van der Waals surface area contributed by atoms with Gasteiger partial charge in [-0.3, -0.25) is 14.9 Å². The lowest BCUT2D eigenvalue weighted by Gasteiger charge is -2.04. The number of anilines is 1. The van der Waals surface area contributed by atoms with Crippen molar-refractivity contribution in [3.63, 3.8) is 0 Å². The first-order chi connectivity index (χ1) is 7.41. The predicted molar refractivity (Wildman–Crippen MR) is 60.5 cm³/mol. The van der Waals surface area contributed by atoms with E-state index in [1.165, 1.54) is 18.2 Å². The van der Waals surface area contributed by atoms with Crippen LogP contribution in [0.5, 0.6) is 0 Å². The van der Waals surface area contributed by atoms with Gasteiger partial charge in [-0.2, -0.15) is 0 Å². The molecular weight excluding hydrogens is 210 g/mol. The van der Waals surface area contributed by atoms with E-state index in [2.05, 4.69) is 0 Å². The standard InChI is InChI=1S/C10H11N3O3/c1-6-4-8(13(15)16)5-7(10(6)12)2-3-9(11)14/h2-5H,12H2,1H3,(H2,11,14). The fourth-order valence-electron chi connectivity index (χ4n) is 1.22. The molecule has 16 heavy (non-hydrogen) atoms. The van der Waals surface area contributed by atoms with Gasteiger partial charge in [0.25, 0.3) is 5.69 Å². The van der Waals surface area contributed by atoms with Gasteiger partial charge in [-0.1, -0.05) is 0 Å². The Hall–Kier alpha value is -2.37. The van der Waals surface area contributed by atoms with Crippen molar-refractivity contribution in [3.05, 3.63) is 39.4 Å². The van der Waals surface area contributed by atoms with Crippen molar-refractivity contribution >= 4 is 23.4 Å². The molecule has 0 radical (unpaired) electrons. The monoisotopic (exact) mass is 221 g/mol. The van der Waals surface area contributed by atoms with Crippen LogP contribution in [0, 0.1) is 17.0 Å². The summed E-state index contributed by atoms with van der Waals surface area (Å²) in [7, 11) is 0. The van der Waals surface area contributed by atoms with Gasteiger partial charge in [-0.15, -0.1) is 0 Å². The molecule has 0 fully saturated rings. The lowest BCUT2D eigenvalue weighted by Crippen LogP contribution is -2.05. The highest BCUT2D eigenvalue weighted by atomic mass is 16.6. The molecule has 1 rings (SSSR count). The number of hydrogen-bond donors (Lipinski definition) is 2. The highest BCUT2D eigenvalue weighted by molar-refractivity contribution is 5.91. The summed E-state index contributed by atoms with van der Waals surface area (Å²) in [5.74, 6) is -0.636. The van der Waals surface area contributed by atoms with E-state index in [0.29, 0.717) is 16.8 Å². The number of nitro groups is 1. The average Bonchev–Trinajstić information content (AvgIpc) is 2.19. The van der Waals surface area contributed by atoms with E-state index in [0.717, 1.165) is 6.08 Å². The average molecular weight is 221 g/mol. The molecule has 0 atom stereocenters. The van der Waals surface area contributed by atoms with Crippen molar-refractivity contribution in [2.75, 3.05) is 5.73 Å². The molecule has 84 valence electrons.